The summed E-state index contributed by atoms with van der Waals surface area (Å²) in [5.41, 5.74) is 0.994. The van der Waals surface area contributed by atoms with E-state index in [0.717, 1.165) is 17.1 Å². The Bertz CT molecular complexity index is 414. The van der Waals surface area contributed by atoms with Gasteiger partial charge >= 0.3 is 5.97 Å². The average molecular weight is 236 g/mol. The van der Waals surface area contributed by atoms with Crippen molar-refractivity contribution in [2.45, 2.75) is 13.3 Å². The first kappa shape index (κ1) is 11.8. The van der Waals surface area contributed by atoms with E-state index in [0.29, 0.717) is 19.6 Å². The van der Waals surface area contributed by atoms with Gasteiger partial charge in [0.15, 0.2) is 0 Å². The van der Waals surface area contributed by atoms with E-state index in [2.05, 4.69) is 0 Å². The summed E-state index contributed by atoms with van der Waals surface area (Å²) in [5.74, 6) is 1.19. The molecule has 0 radical (unpaired) electrons. The predicted octanol–water partition coefficient (Wildman–Crippen LogP) is 1.81. The van der Waals surface area contributed by atoms with E-state index in [-0.39, 0.29) is 11.9 Å². The third kappa shape index (κ3) is 2.52. The van der Waals surface area contributed by atoms with Crippen molar-refractivity contribution >= 4 is 5.97 Å². The Hall–Kier alpha value is -1.71. The van der Waals surface area contributed by atoms with Gasteiger partial charge in [-0.1, -0.05) is 0 Å². The van der Waals surface area contributed by atoms with Crippen LogP contribution in [-0.2, 0) is 16.0 Å². The lowest BCUT2D eigenvalue weighted by Crippen LogP contribution is -2.29. The van der Waals surface area contributed by atoms with Crippen molar-refractivity contribution in [1.82, 2.24) is 0 Å². The molecule has 92 valence electrons. The summed E-state index contributed by atoms with van der Waals surface area (Å²) in [5, 5.41) is 0. The van der Waals surface area contributed by atoms with Gasteiger partial charge in [-0.25, -0.2) is 0 Å². The molecule has 0 fully saturated rings. The van der Waals surface area contributed by atoms with Crippen LogP contribution in [0.2, 0.25) is 0 Å². The largest absolute Gasteiger partial charge is 0.497 e. The summed E-state index contributed by atoms with van der Waals surface area (Å²) in [6.07, 6.45) is 0.644. The molecule has 17 heavy (non-hydrogen) atoms. The second-order valence-corrected chi connectivity index (χ2v) is 3.94. The smallest absolute Gasteiger partial charge is 0.312 e. The number of ether oxygens (including phenoxy) is 3. The summed E-state index contributed by atoms with van der Waals surface area (Å²) in [6, 6.07) is 5.62. The first-order valence-electron chi connectivity index (χ1n) is 5.71. The molecular weight excluding hydrogens is 220 g/mol. The molecule has 1 aromatic carbocycles. The van der Waals surface area contributed by atoms with Crippen molar-refractivity contribution in [3.8, 4) is 11.5 Å². The highest BCUT2D eigenvalue weighted by Crippen LogP contribution is 2.30. The van der Waals surface area contributed by atoms with Crippen molar-refractivity contribution in [2.75, 3.05) is 20.3 Å². The van der Waals surface area contributed by atoms with Crippen molar-refractivity contribution in [1.29, 1.82) is 0 Å². The Morgan fingerprint density at radius 1 is 1.53 bits per heavy atom. The molecule has 0 N–H and O–H groups in total. The summed E-state index contributed by atoms with van der Waals surface area (Å²) < 4.78 is 15.7. The topological polar surface area (TPSA) is 44.8 Å². The molecule has 0 amide bonds. The van der Waals surface area contributed by atoms with Gasteiger partial charge in [0, 0.05) is 0 Å². The van der Waals surface area contributed by atoms with Gasteiger partial charge in [-0.2, -0.15) is 0 Å². The zero-order valence-corrected chi connectivity index (χ0v) is 10.1. The third-order valence-corrected chi connectivity index (χ3v) is 2.79. The molecule has 0 spiro atoms. The van der Waals surface area contributed by atoms with Crippen molar-refractivity contribution in [3.63, 3.8) is 0 Å². The number of carbonyl (C=O) groups excluding carboxylic acids is 1. The molecule has 0 saturated heterocycles. The fourth-order valence-electron chi connectivity index (χ4n) is 1.91. The van der Waals surface area contributed by atoms with Crippen LogP contribution in [0.1, 0.15) is 12.5 Å². The molecule has 0 aromatic heterocycles. The van der Waals surface area contributed by atoms with E-state index in [1.165, 1.54) is 0 Å². The van der Waals surface area contributed by atoms with Crippen LogP contribution in [0.5, 0.6) is 11.5 Å². The molecule has 2 rings (SSSR count). The maximum Gasteiger partial charge on any atom is 0.312 e. The van der Waals surface area contributed by atoms with Crippen LogP contribution in [0.15, 0.2) is 18.2 Å². The molecule has 0 saturated carbocycles. The molecule has 1 atom stereocenters. The lowest BCUT2D eigenvalue weighted by atomic mass is 9.96. The van der Waals surface area contributed by atoms with Gasteiger partial charge in [0.05, 0.1) is 19.6 Å². The minimum absolute atomic E-state index is 0.194. The zero-order valence-electron chi connectivity index (χ0n) is 10.1. The summed E-state index contributed by atoms with van der Waals surface area (Å²) in [4.78, 5) is 11.6. The van der Waals surface area contributed by atoms with Crippen LogP contribution < -0.4 is 9.47 Å². The minimum atomic E-state index is -0.213. The number of fused-ring (bicyclic) bond motifs is 1. The first-order chi connectivity index (χ1) is 8.24. The molecule has 4 nitrogen and oxygen atoms in total. The van der Waals surface area contributed by atoms with Gasteiger partial charge < -0.3 is 14.2 Å². The van der Waals surface area contributed by atoms with Crippen LogP contribution in [0, 0.1) is 5.92 Å². The van der Waals surface area contributed by atoms with E-state index in [1.54, 1.807) is 14.0 Å². The van der Waals surface area contributed by atoms with Gasteiger partial charge in [-0.15, -0.1) is 0 Å². The minimum Gasteiger partial charge on any atom is -0.497 e. The highest BCUT2D eigenvalue weighted by Gasteiger charge is 2.27. The van der Waals surface area contributed by atoms with Gasteiger partial charge in [-0.3, -0.25) is 4.79 Å². The van der Waals surface area contributed by atoms with Gasteiger partial charge in [0.2, 0.25) is 0 Å². The zero-order chi connectivity index (χ0) is 12.3. The van der Waals surface area contributed by atoms with E-state index in [4.69, 9.17) is 14.2 Å². The van der Waals surface area contributed by atoms with Crippen molar-refractivity contribution in [3.05, 3.63) is 23.8 Å². The number of benzene rings is 1. The maximum absolute atomic E-state index is 11.6. The van der Waals surface area contributed by atoms with E-state index >= 15 is 0 Å². The Balaban J connectivity index is 2.14. The van der Waals surface area contributed by atoms with Crippen molar-refractivity contribution < 1.29 is 19.0 Å². The number of hydrogen-bond donors (Lipinski definition) is 0. The third-order valence-electron chi connectivity index (χ3n) is 2.79. The first-order valence-corrected chi connectivity index (χ1v) is 5.71. The predicted molar refractivity (Wildman–Crippen MR) is 62.3 cm³/mol. The summed E-state index contributed by atoms with van der Waals surface area (Å²) in [7, 11) is 1.62. The van der Waals surface area contributed by atoms with Crippen molar-refractivity contribution in [2.24, 2.45) is 5.92 Å². The van der Waals surface area contributed by atoms with Crippen LogP contribution in [-0.4, -0.2) is 26.3 Å². The van der Waals surface area contributed by atoms with Gasteiger partial charge in [0.1, 0.15) is 18.1 Å². The lowest BCUT2D eigenvalue weighted by molar-refractivity contribution is -0.149. The molecule has 1 aliphatic heterocycles. The number of hydrogen-bond acceptors (Lipinski definition) is 4. The maximum atomic E-state index is 11.6. The van der Waals surface area contributed by atoms with E-state index in [9.17, 15) is 4.79 Å². The van der Waals surface area contributed by atoms with Crippen LogP contribution >= 0.6 is 0 Å². The second-order valence-electron chi connectivity index (χ2n) is 3.94. The Kier molecular flexibility index (Phi) is 3.52. The fourth-order valence-corrected chi connectivity index (χ4v) is 1.91. The molecule has 0 aliphatic carbocycles. The Morgan fingerprint density at radius 2 is 2.35 bits per heavy atom. The number of esters is 1. The Labute approximate surface area is 100 Å². The quantitative estimate of drug-likeness (QED) is 0.751. The monoisotopic (exact) mass is 236 g/mol. The highest BCUT2D eigenvalue weighted by atomic mass is 16.5. The normalized spacial score (nSPS) is 17.9. The molecule has 0 unspecified atom stereocenters. The number of methoxy groups -OCH3 is 1. The van der Waals surface area contributed by atoms with Crippen LogP contribution in [0.4, 0.5) is 0 Å². The van der Waals surface area contributed by atoms with Gasteiger partial charge in [-0.05, 0) is 37.1 Å². The Morgan fingerprint density at radius 3 is 3.06 bits per heavy atom. The standard InChI is InChI=1S/C13H16O4/c1-3-16-13(14)10-6-9-7-11(15-2)4-5-12(9)17-8-10/h4-5,7,10H,3,6,8H2,1-2H3/t10-/m0/s1. The summed E-state index contributed by atoms with van der Waals surface area (Å²) in [6.45, 7) is 2.59. The van der Waals surface area contributed by atoms with E-state index in [1.807, 2.05) is 18.2 Å². The molecule has 1 aromatic rings. The molecule has 4 heteroatoms. The van der Waals surface area contributed by atoms with E-state index < -0.39 is 0 Å². The molecule has 1 aliphatic rings. The number of carbonyl (C=O) groups is 1. The fraction of sp³-hybridized carbons (Fsp3) is 0.462. The van der Waals surface area contributed by atoms with Gasteiger partial charge in [0.25, 0.3) is 0 Å². The molecular formula is C13H16O4. The average Bonchev–Trinajstić information content (AvgIpc) is 2.37. The SMILES string of the molecule is CCOC(=O)[C@@H]1COc2ccc(OC)cc2C1. The van der Waals surface area contributed by atoms with Crippen LogP contribution in [0.25, 0.3) is 0 Å². The lowest BCUT2D eigenvalue weighted by Gasteiger charge is -2.24. The van der Waals surface area contributed by atoms with Crippen LogP contribution in [0.3, 0.4) is 0 Å². The molecule has 0 bridgehead atoms. The number of rotatable bonds is 3. The highest BCUT2D eigenvalue weighted by molar-refractivity contribution is 5.73. The summed E-state index contributed by atoms with van der Waals surface area (Å²) >= 11 is 0. The second kappa shape index (κ2) is 5.08. The molecule has 1 heterocycles.